The molecule has 0 bridgehead atoms. The van der Waals surface area contributed by atoms with Crippen LogP contribution in [0.2, 0.25) is 5.02 Å². The molecule has 1 unspecified atom stereocenters. The van der Waals surface area contributed by atoms with Gasteiger partial charge in [-0.25, -0.2) is 14.4 Å². The molecule has 2 saturated heterocycles. The number of aryl methyl sites for hydroxylation is 1. The third-order valence-electron chi connectivity index (χ3n) is 14.6. The van der Waals surface area contributed by atoms with Crippen molar-refractivity contribution in [2.45, 2.75) is 114 Å². The lowest BCUT2D eigenvalue weighted by molar-refractivity contribution is -0.141. The summed E-state index contributed by atoms with van der Waals surface area (Å²) < 4.78 is 20.0. The first kappa shape index (κ1) is 52.7. The lowest BCUT2D eigenvalue weighted by Crippen LogP contribution is -2.61. The molecule has 2 aromatic heterocycles. The van der Waals surface area contributed by atoms with Crippen LogP contribution in [-0.4, -0.2) is 152 Å². The molecule has 384 valence electrons. The summed E-state index contributed by atoms with van der Waals surface area (Å²) in [6.07, 6.45) is 4.04. The zero-order chi connectivity index (χ0) is 50.6. The summed E-state index contributed by atoms with van der Waals surface area (Å²) in [6.45, 7) is 11.6. The largest absolute Gasteiger partial charge is 0.495 e. The second-order valence-corrected chi connectivity index (χ2v) is 23.1. The molecule has 5 atom stereocenters. The molecule has 2 saturated carbocycles. The number of thioether (sulfide) groups is 1. The quantitative estimate of drug-likeness (QED) is 0.0523. The Morgan fingerprint density at radius 3 is 2.39 bits per heavy atom. The van der Waals surface area contributed by atoms with E-state index in [1.807, 2.05) is 62.4 Å². The molecule has 3 amide bonds. The predicted molar refractivity (Wildman–Crippen MR) is 278 cm³/mol. The van der Waals surface area contributed by atoms with E-state index in [0.29, 0.717) is 58.7 Å². The number of aliphatic hydroxyl groups is 2. The van der Waals surface area contributed by atoms with E-state index in [-0.39, 0.29) is 37.8 Å². The normalized spacial score (nSPS) is 22.6. The Labute approximate surface area is 429 Å². The van der Waals surface area contributed by atoms with Crippen molar-refractivity contribution < 1.29 is 33.7 Å². The summed E-state index contributed by atoms with van der Waals surface area (Å²) >= 11 is 9.34. The number of β-amino-alcohol motifs (C(OH)–C–C–N with tert-alkyl or cyclic N) is 1. The highest BCUT2D eigenvalue weighted by atomic mass is 35.5. The van der Waals surface area contributed by atoms with Gasteiger partial charge in [0.25, 0.3) is 11.8 Å². The first-order valence-electron chi connectivity index (χ1n) is 24.7. The fourth-order valence-corrected chi connectivity index (χ4v) is 12.3. The number of anilines is 3. The summed E-state index contributed by atoms with van der Waals surface area (Å²) in [4.78, 5) is 61.5. The number of nitrogens with zero attached hydrogens (tertiary/aromatic N) is 6. The van der Waals surface area contributed by atoms with Crippen molar-refractivity contribution in [2.24, 2.45) is 11.8 Å². The number of piperazine rings is 1. The Hall–Kier alpha value is -4.63. The topological polar surface area (TPSA) is 197 Å². The first-order valence-corrected chi connectivity index (χ1v) is 26.9. The van der Waals surface area contributed by atoms with Crippen LogP contribution in [0.25, 0.3) is 10.4 Å². The van der Waals surface area contributed by atoms with Crippen LogP contribution in [0.5, 0.6) is 5.75 Å². The highest BCUT2D eigenvalue weighted by Crippen LogP contribution is 2.42. The number of nitrogens with one attached hydrogen (secondary N) is 4. The Bertz CT molecular complexity index is 2500. The molecule has 4 fully saturated rings. The van der Waals surface area contributed by atoms with Crippen molar-refractivity contribution in [1.29, 1.82) is 0 Å². The lowest BCUT2D eigenvalue weighted by atomic mass is 9.82. The standard InChI is InChI=1S/C51H68ClFN10O6S2/c1-30(34-11-13-35(14-12-34)42-31(2)56-29-70-42)57-45(65)40-24-37(64)27-63(40)47(67)43(59-48(68)51(53)17-18-51)50(3,4)71-28-33-9-7-32(8-10-33)26-61-19-21-62(22-20-61)46(66)36-15-16-39(41(23-36)69-6)58-49-55-25-38(52)44(54-5)60-49/h11-16,23,25,29-30,32-33,37,40,43,45,57,64-65H,7-10,17-22,24,26-28H2,1-6H3,(H,59,68)(H2,54,55,58,60)/t30-,32?,33?,37+,40?,43+,45-/m0/s1. The number of carbonyl (C=O) groups excluding carboxylic acids is 3. The summed E-state index contributed by atoms with van der Waals surface area (Å²) in [6, 6.07) is 11.2. The Morgan fingerprint density at radius 1 is 1.04 bits per heavy atom. The number of aromatic nitrogens is 3. The number of carbonyl (C=O) groups is 3. The number of thiazole rings is 1. The molecule has 20 heteroatoms. The van der Waals surface area contributed by atoms with E-state index in [9.17, 15) is 24.6 Å². The van der Waals surface area contributed by atoms with Crippen LogP contribution in [0.3, 0.4) is 0 Å². The maximum atomic E-state index is 15.2. The number of alkyl halides is 1. The average Bonchev–Trinajstić information content (AvgIpc) is 3.78. The summed E-state index contributed by atoms with van der Waals surface area (Å²) in [5, 5.41) is 35.0. The number of amides is 3. The van der Waals surface area contributed by atoms with Gasteiger partial charge in [0, 0.05) is 62.7 Å². The summed E-state index contributed by atoms with van der Waals surface area (Å²) in [5.41, 5.74) is 3.97. The minimum atomic E-state index is -1.99. The molecule has 2 aliphatic carbocycles. The van der Waals surface area contributed by atoms with Gasteiger partial charge in [-0.2, -0.15) is 16.7 Å². The molecule has 4 aromatic rings. The highest BCUT2D eigenvalue weighted by Gasteiger charge is 2.54. The van der Waals surface area contributed by atoms with Gasteiger partial charge in [0.1, 0.15) is 28.9 Å². The van der Waals surface area contributed by atoms with Gasteiger partial charge in [-0.3, -0.25) is 24.6 Å². The van der Waals surface area contributed by atoms with Gasteiger partial charge < -0.3 is 40.7 Å². The second kappa shape index (κ2) is 22.6. The number of methoxy groups -OCH3 is 1. The second-order valence-electron chi connectivity index (χ2n) is 20.1. The van der Waals surface area contributed by atoms with Crippen molar-refractivity contribution in [1.82, 2.24) is 40.3 Å². The number of halogens is 2. The van der Waals surface area contributed by atoms with Crippen LogP contribution in [-0.2, 0) is 9.59 Å². The van der Waals surface area contributed by atoms with E-state index in [1.54, 1.807) is 55.5 Å². The van der Waals surface area contributed by atoms with Gasteiger partial charge in [-0.05, 0) is 120 Å². The van der Waals surface area contributed by atoms with E-state index in [4.69, 9.17) is 16.3 Å². The molecule has 2 aliphatic heterocycles. The maximum absolute atomic E-state index is 15.2. The monoisotopic (exact) mass is 1030 g/mol. The van der Waals surface area contributed by atoms with Crippen LogP contribution in [0.4, 0.5) is 21.8 Å². The zero-order valence-electron chi connectivity index (χ0n) is 41.4. The number of benzene rings is 2. The molecule has 2 aromatic carbocycles. The van der Waals surface area contributed by atoms with Crippen LogP contribution >= 0.6 is 34.7 Å². The Balaban J connectivity index is 0.815. The van der Waals surface area contributed by atoms with E-state index in [2.05, 4.69) is 41.1 Å². The molecular formula is C51H68ClFN10O6S2. The third kappa shape index (κ3) is 12.6. The van der Waals surface area contributed by atoms with Gasteiger partial charge in [-0.1, -0.05) is 35.9 Å². The fraction of sp³-hybridized carbons (Fsp3) is 0.569. The van der Waals surface area contributed by atoms with E-state index in [1.165, 1.54) is 11.1 Å². The number of likely N-dealkylation sites (tertiary alicyclic amines) is 1. The molecule has 16 nitrogen and oxygen atoms in total. The highest BCUT2D eigenvalue weighted by molar-refractivity contribution is 8.00. The average molecular weight is 1040 g/mol. The van der Waals surface area contributed by atoms with Crippen molar-refractivity contribution in [3.05, 3.63) is 76.0 Å². The maximum Gasteiger partial charge on any atom is 0.258 e. The van der Waals surface area contributed by atoms with E-state index >= 15 is 4.39 Å². The lowest BCUT2D eigenvalue weighted by Gasteiger charge is -2.40. The van der Waals surface area contributed by atoms with Gasteiger partial charge in [0.2, 0.25) is 11.9 Å². The van der Waals surface area contributed by atoms with Crippen molar-refractivity contribution in [3.8, 4) is 16.2 Å². The number of hydrogen-bond donors (Lipinski definition) is 6. The van der Waals surface area contributed by atoms with Crippen LogP contribution in [0.1, 0.15) is 93.4 Å². The minimum absolute atomic E-state index is 0.00891. The SMILES string of the molecule is CNc1nc(Nc2ccc(C(=O)N3CCN(CC4CCC(CSC(C)(C)[C@H](NC(=O)C5(F)CC5)C(=O)N5C[C@H](O)CC5[C@H](O)N[C@@H](C)c5ccc(-c6scnc6C)cc5)CC4)CC3)cc2OC)ncc1Cl. The molecule has 4 heterocycles. The van der Waals surface area contributed by atoms with Crippen LogP contribution in [0, 0.1) is 18.8 Å². The fourth-order valence-electron chi connectivity index (χ4n) is 9.99. The van der Waals surface area contributed by atoms with Gasteiger partial charge >= 0.3 is 0 Å². The van der Waals surface area contributed by atoms with Gasteiger partial charge in [0.05, 0.1) is 47.2 Å². The summed E-state index contributed by atoms with van der Waals surface area (Å²) in [5.74, 6) is 1.75. The van der Waals surface area contributed by atoms with Crippen molar-refractivity contribution >= 4 is 69.9 Å². The molecule has 6 N–H and O–H groups in total. The Morgan fingerprint density at radius 2 is 1.75 bits per heavy atom. The predicted octanol–water partition coefficient (Wildman–Crippen LogP) is 7.05. The number of hydrogen-bond acceptors (Lipinski definition) is 15. The van der Waals surface area contributed by atoms with Gasteiger partial charge in [0.15, 0.2) is 5.67 Å². The smallest absolute Gasteiger partial charge is 0.258 e. The molecule has 0 radical (unpaired) electrons. The van der Waals surface area contributed by atoms with Crippen molar-refractivity contribution in [3.63, 3.8) is 0 Å². The van der Waals surface area contributed by atoms with Crippen LogP contribution in [0.15, 0.2) is 54.2 Å². The molecule has 71 heavy (non-hydrogen) atoms. The van der Waals surface area contributed by atoms with E-state index < -0.39 is 46.6 Å². The number of aliphatic hydroxyl groups excluding tert-OH is 2. The zero-order valence-corrected chi connectivity index (χ0v) is 43.8. The third-order valence-corrected chi connectivity index (χ3v) is 17.5. The summed E-state index contributed by atoms with van der Waals surface area (Å²) in [7, 11) is 3.28. The molecule has 4 aliphatic rings. The number of rotatable bonds is 19. The molecular weight excluding hydrogens is 967 g/mol. The van der Waals surface area contributed by atoms with Gasteiger partial charge in [-0.15, -0.1) is 11.3 Å². The molecule has 8 rings (SSSR count). The van der Waals surface area contributed by atoms with Crippen molar-refractivity contribution in [2.75, 3.05) is 69.8 Å². The first-order chi connectivity index (χ1) is 33.9. The number of ether oxygens (including phenoxy) is 1. The van der Waals surface area contributed by atoms with Crippen LogP contribution < -0.4 is 26.0 Å². The molecule has 0 spiro atoms. The van der Waals surface area contributed by atoms with E-state index in [0.717, 1.165) is 72.8 Å². The minimum Gasteiger partial charge on any atom is -0.495 e. The Kier molecular flexibility index (Phi) is 16.8.